The zero-order valence-electron chi connectivity index (χ0n) is 13.0. The Morgan fingerprint density at radius 3 is 2.70 bits per heavy atom. The van der Waals surface area contributed by atoms with Gasteiger partial charge in [0.25, 0.3) is 0 Å². The van der Waals surface area contributed by atoms with E-state index in [0.717, 1.165) is 11.1 Å². The lowest BCUT2D eigenvalue weighted by atomic mass is 10.2. The van der Waals surface area contributed by atoms with Crippen LogP contribution in [-0.4, -0.2) is 28.2 Å². The maximum Gasteiger partial charge on any atom is 0.244 e. The van der Waals surface area contributed by atoms with E-state index in [1.165, 1.54) is 11.8 Å². The van der Waals surface area contributed by atoms with Crippen molar-refractivity contribution in [2.75, 3.05) is 11.9 Å². The van der Waals surface area contributed by atoms with Crippen LogP contribution < -0.4 is 5.32 Å². The number of hydrogen-bond donors (Lipinski definition) is 1. The van der Waals surface area contributed by atoms with Gasteiger partial charge in [0.1, 0.15) is 6.54 Å². The van der Waals surface area contributed by atoms with Crippen LogP contribution in [0.3, 0.4) is 0 Å². The second kappa shape index (κ2) is 7.74. The molecule has 2 aromatic rings. The average molecular weight is 332 g/mol. The molecule has 0 spiro atoms. The molecule has 0 aliphatic heterocycles. The summed E-state index contributed by atoms with van der Waals surface area (Å²) in [7, 11) is 0. The maximum atomic E-state index is 12.2. The van der Waals surface area contributed by atoms with E-state index in [2.05, 4.69) is 10.3 Å². The molecule has 1 aromatic heterocycles. The Morgan fingerprint density at radius 1 is 1.30 bits per heavy atom. The number of carbonyl (C=O) groups is 2. The van der Waals surface area contributed by atoms with Crippen molar-refractivity contribution in [1.82, 2.24) is 9.88 Å². The normalized spacial score (nSPS) is 10.2. The number of amides is 2. The van der Waals surface area contributed by atoms with Crippen LogP contribution in [0.1, 0.15) is 18.1 Å². The van der Waals surface area contributed by atoms with Crippen LogP contribution in [0.2, 0.25) is 5.02 Å². The van der Waals surface area contributed by atoms with Gasteiger partial charge in [0.05, 0.1) is 0 Å². The van der Waals surface area contributed by atoms with Gasteiger partial charge < -0.3 is 10.2 Å². The highest BCUT2D eigenvalue weighted by atomic mass is 35.5. The molecule has 0 fully saturated rings. The van der Waals surface area contributed by atoms with E-state index in [9.17, 15) is 9.59 Å². The van der Waals surface area contributed by atoms with Crippen LogP contribution in [0.4, 0.5) is 5.69 Å². The number of pyridine rings is 1. The summed E-state index contributed by atoms with van der Waals surface area (Å²) in [5.74, 6) is -0.425. The first-order chi connectivity index (χ1) is 11.0. The van der Waals surface area contributed by atoms with Gasteiger partial charge >= 0.3 is 0 Å². The molecule has 2 rings (SSSR count). The van der Waals surface area contributed by atoms with Crippen molar-refractivity contribution in [3.63, 3.8) is 0 Å². The zero-order chi connectivity index (χ0) is 16.8. The SMILES string of the molecule is CC(=O)N(CC(=O)Nc1ccc(Cl)cc1C)Cc1cccnc1. The molecule has 1 N–H and O–H groups in total. The van der Waals surface area contributed by atoms with E-state index in [1.807, 2.05) is 13.0 Å². The van der Waals surface area contributed by atoms with Gasteiger partial charge in [-0.2, -0.15) is 0 Å². The zero-order valence-corrected chi connectivity index (χ0v) is 13.8. The number of aromatic nitrogens is 1. The maximum absolute atomic E-state index is 12.2. The molecule has 0 aliphatic rings. The highest BCUT2D eigenvalue weighted by Gasteiger charge is 2.15. The van der Waals surface area contributed by atoms with Gasteiger partial charge in [-0.25, -0.2) is 0 Å². The number of nitrogens with zero attached hydrogens (tertiary/aromatic N) is 2. The van der Waals surface area contributed by atoms with E-state index in [0.29, 0.717) is 17.3 Å². The van der Waals surface area contributed by atoms with E-state index >= 15 is 0 Å². The van der Waals surface area contributed by atoms with E-state index in [1.54, 1.807) is 36.7 Å². The van der Waals surface area contributed by atoms with Crippen LogP contribution in [0.5, 0.6) is 0 Å². The van der Waals surface area contributed by atoms with Crippen molar-refractivity contribution >= 4 is 29.1 Å². The quantitative estimate of drug-likeness (QED) is 0.916. The summed E-state index contributed by atoms with van der Waals surface area (Å²) < 4.78 is 0. The molecule has 120 valence electrons. The minimum absolute atomic E-state index is 0.0215. The third-order valence-electron chi connectivity index (χ3n) is 3.34. The minimum Gasteiger partial charge on any atom is -0.329 e. The molecule has 0 bridgehead atoms. The van der Waals surface area contributed by atoms with E-state index in [4.69, 9.17) is 11.6 Å². The minimum atomic E-state index is -0.255. The number of carbonyl (C=O) groups excluding carboxylic acids is 2. The van der Waals surface area contributed by atoms with Crippen molar-refractivity contribution in [1.29, 1.82) is 0 Å². The number of benzene rings is 1. The molecular weight excluding hydrogens is 314 g/mol. The van der Waals surface area contributed by atoms with Crippen molar-refractivity contribution in [3.05, 3.63) is 58.9 Å². The summed E-state index contributed by atoms with van der Waals surface area (Å²) in [4.78, 5) is 29.4. The molecule has 23 heavy (non-hydrogen) atoms. The largest absolute Gasteiger partial charge is 0.329 e. The molecule has 0 unspecified atom stereocenters. The van der Waals surface area contributed by atoms with Crippen LogP contribution in [0.15, 0.2) is 42.7 Å². The van der Waals surface area contributed by atoms with Gasteiger partial charge in [-0.05, 0) is 42.3 Å². The smallest absolute Gasteiger partial charge is 0.244 e. The lowest BCUT2D eigenvalue weighted by molar-refractivity contribution is -0.133. The predicted molar refractivity (Wildman–Crippen MR) is 90.1 cm³/mol. The topological polar surface area (TPSA) is 62.3 Å². The molecule has 1 heterocycles. The highest BCUT2D eigenvalue weighted by molar-refractivity contribution is 6.30. The summed E-state index contributed by atoms with van der Waals surface area (Å²) >= 11 is 5.90. The number of aryl methyl sites for hydroxylation is 1. The summed E-state index contributed by atoms with van der Waals surface area (Å²) in [6.07, 6.45) is 3.34. The Balaban J connectivity index is 2.02. The molecule has 5 nitrogen and oxygen atoms in total. The predicted octanol–water partition coefficient (Wildman–Crippen LogP) is 3.03. The fraction of sp³-hybridized carbons (Fsp3) is 0.235. The number of anilines is 1. The first-order valence-electron chi connectivity index (χ1n) is 7.16. The standard InChI is InChI=1S/C17H18ClN3O2/c1-12-8-15(18)5-6-16(12)20-17(23)11-21(13(2)22)10-14-4-3-7-19-9-14/h3-9H,10-11H2,1-2H3,(H,20,23). The van der Waals surface area contributed by atoms with Crippen molar-refractivity contribution in [3.8, 4) is 0 Å². The van der Waals surface area contributed by atoms with Crippen LogP contribution in [0.25, 0.3) is 0 Å². The molecule has 6 heteroatoms. The van der Waals surface area contributed by atoms with Crippen LogP contribution in [0, 0.1) is 6.92 Å². The van der Waals surface area contributed by atoms with Gasteiger partial charge in [0, 0.05) is 36.6 Å². The molecule has 0 aliphatic carbocycles. The second-order valence-corrected chi connectivity index (χ2v) is 5.68. The van der Waals surface area contributed by atoms with E-state index < -0.39 is 0 Å². The summed E-state index contributed by atoms with van der Waals surface area (Å²) in [5, 5.41) is 3.41. The van der Waals surface area contributed by atoms with Gasteiger partial charge in [-0.3, -0.25) is 14.6 Å². The Kier molecular flexibility index (Phi) is 5.71. The molecule has 0 atom stereocenters. The fourth-order valence-electron chi connectivity index (χ4n) is 2.12. The molecule has 0 radical (unpaired) electrons. The Bertz CT molecular complexity index is 704. The number of rotatable bonds is 5. The summed E-state index contributed by atoms with van der Waals surface area (Å²) in [5.41, 5.74) is 2.43. The number of hydrogen-bond acceptors (Lipinski definition) is 3. The van der Waals surface area contributed by atoms with Crippen molar-refractivity contribution in [2.45, 2.75) is 20.4 Å². The summed E-state index contributed by atoms with van der Waals surface area (Å²) in [6.45, 7) is 3.62. The molecule has 2 amide bonds. The van der Waals surface area contributed by atoms with Gasteiger partial charge in [0.15, 0.2) is 0 Å². The third kappa shape index (κ3) is 5.07. The molecular formula is C17H18ClN3O2. The molecule has 1 aromatic carbocycles. The Morgan fingerprint density at radius 2 is 2.09 bits per heavy atom. The second-order valence-electron chi connectivity index (χ2n) is 5.24. The average Bonchev–Trinajstić information content (AvgIpc) is 2.50. The third-order valence-corrected chi connectivity index (χ3v) is 3.57. The Hall–Kier alpha value is -2.40. The monoisotopic (exact) mass is 331 g/mol. The van der Waals surface area contributed by atoms with Gasteiger partial charge in [-0.15, -0.1) is 0 Å². The highest BCUT2D eigenvalue weighted by Crippen LogP contribution is 2.19. The molecule has 0 saturated carbocycles. The summed E-state index contributed by atoms with van der Waals surface area (Å²) in [6, 6.07) is 8.89. The first kappa shape index (κ1) is 17.0. The lowest BCUT2D eigenvalue weighted by Gasteiger charge is -2.20. The van der Waals surface area contributed by atoms with Gasteiger partial charge in [0.2, 0.25) is 11.8 Å². The van der Waals surface area contributed by atoms with Crippen LogP contribution in [-0.2, 0) is 16.1 Å². The molecule has 0 saturated heterocycles. The first-order valence-corrected chi connectivity index (χ1v) is 7.54. The number of nitrogens with one attached hydrogen (secondary N) is 1. The van der Waals surface area contributed by atoms with E-state index in [-0.39, 0.29) is 18.4 Å². The van der Waals surface area contributed by atoms with Crippen LogP contribution >= 0.6 is 11.6 Å². The van der Waals surface area contributed by atoms with Gasteiger partial charge in [-0.1, -0.05) is 17.7 Å². The fourth-order valence-corrected chi connectivity index (χ4v) is 2.35. The Labute approximate surface area is 140 Å². The lowest BCUT2D eigenvalue weighted by Crippen LogP contribution is -2.36. The number of halogens is 1. The van der Waals surface area contributed by atoms with Crippen molar-refractivity contribution < 1.29 is 9.59 Å². The van der Waals surface area contributed by atoms with Crippen molar-refractivity contribution in [2.24, 2.45) is 0 Å².